The number of Topliss-reactive ketones (excluding diaryl/α,β-unsaturated/α-hetero) is 2. The molecule has 41 heavy (non-hydrogen) atoms. The van der Waals surface area contributed by atoms with Crippen LogP contribution in [0.5, 0.6) is 5.75 Å². The molecule has 3 aromatic carbocycles. The highest BCUT2D eigenvalue weighted by molar-refractivity contribution is 14.1. The monoisotopic (exact) mass is 681 g/mol. The molecule has 0 saturated heterocycles. The van der Waals surface area contributed by atoms with Crippen molar-refractivity contribution in [2.75, 3.05) is 6.54 Å². The van der Waals surface area contributed by atoms with Crippen molar-refractivity contribution in [1.29, 1.82) is 0 Å². The van der Waals surface area contributed by atoms with Crippen LogP contribution in [0, 0.1) is 0 Å². The third-order valence-electron chi connectivity index (χ3n) is 6.17. The third-order valence-corrected chi connectivity index (χ3v) is 6.79. The lowest BCUT2D eigenvalue weighted by atomic mass is 9.85. The van der Waals surface area contributed by atoms with Crippen molar-refractivity contribution < 1.29 is 42.2 Å². The number of carboxylic acid groups (broad SMARTS) is 1. The predicted octanol–water partition coefficient (Wildman–Crippen LogP) is 6.70. The second-order valence-corrected chi connectivity index (χ2v) is 12.4. The van der Waals surface area contributed by atoms with Gasteiger partial charge in [-0.15, -0.1) is 13.2 Å². The second-order valence-electron chi connectivity index (χ2n) is 9.69. The van der Waals surface area contributed by atoms with Gasteiger partial charge in [-0.05, 0) is 49.2 Å². The van der Waals surface area contributed by atoms with Crippen LogP contribution < -0.4 is 10.1 Å². The van der Waals surface area contributed by atoms with E-state index in [4.69, 9.17) is 5.11 Å². The zero-order chi connectivity index (χ0) is 30.4. The number of hydrogen-bond donors (Lipinski definition) is 2. The number of hydrogen-bond acceptors (Lipinski definition) is 5. The molecule has 3 rings (SSSR count). The Kier molecular flexibility index (Phi) is 10.3. The first-order valence-electron chi connectivity index (χ1n) is 12.5. The molecular formula is C30H27F3INO6. The lowest BCUT2D eigenvalue weighted by Crippen LogP contribution is -2.26. The maximum Gasteiger partial charge on any atom is 0.573 e. The number of carboxylic acids is 1. The fraction of sp³-hybridized carbons (Fsp3) is 0.267. The van der Waals surface area contributed by atoms with E-state index in [1.54, 1.807) is 12.1 Å². The minimum Gasteiger partial charge on any atom is -0.481 e. The van der Waals surface area contributed by atoms with E-state index in [1.807, 2.05) is 26.0 Å². The number of carbonyl (C=O) groups excluding carboxylic acids is 3. The lowest BCUT2D eigenvalue weighted by Gasteiger charge is -2.19. The fourth-order valence-corrected chi connectivity index (χ4v) is 4.35. The summed E-state index contributed by atoms with van der Waals surface area (Å²) in [6, 6.07) is 17.4. The van der Waals surface area contributed by atoms with Gasteiger partial charge in [0.2, 0.25) is 0 Å². The molecule has 0 heterocycles. The topological polar surface area (TPSA) is 110 Å². The zero-order valence-electron chi connectivity index (χ0n) is 22.1. The van der Waals surface area contributed by atoms with Crippen LogP contribution in [0.1, 0.15) is 74.8 Å². The third kappa shape index (κ3) is 9.41. The Bertz CT molecular complexity index is 1400. The van der Waals surface area contributed by atoms with Gasteiger partial charge < -0.3 is 15.2 Å². The van der Waals surface area contributed by atoms with E-state index in [1.165, 1.54) is 36.4 Å². The number of amides is 1. The molecule has 0 aliphatic rings. The molecule has 0 saturated carbocycles. The fourth-order valence-electron chi connectivity index (χ4n) is 3.99. The molecule has 0 spiro atoms. The van der Waals surface area contributed by atoms with Crippen LogP contribution in [0.3, 0.4) is 0 Å². The Balaban J connectivity index is 1.87. The molecule has 2 N–H and O–H groups in total. The maximum absolute atomic E-state index is 13.6. The first-order valence-corrected chi connectivity index (χ1v) is 13.5. The van der Waals surface area contributed by atoms with Gasteiger partial charge in [0.25, 0.3) is 5.91 Å². The van der Waals surface area contributed by atoms with Crippen LogP contribution >= 0.6 is 22.6 Å². The van der Waals surface area contributed by atoms with Crippen LogP contribution in [-0.2, 0) is 8.22 Å². The minimum absolute atomic E-state index is 0.0661. The first-order chi connectivity index (χ1) is 19.1. The molecule has 0 aliphatic heterocycles. The number of alkyl halides is 4. The standard InChI is InChI=1S/C30H27F3INO6/c1-29(2,34)22-11-7-19(8-12-22)25(36)17-24(18-9-13-23(14-10-18)41-30(31,32)33)27(39)20-3-5-21(6-4-20)28(40)35-16-15-26(37)38/h3-14,24H,15-17H2,1-2H3,(H,35,40)(H,37,38). The van der Waals surface area contributed by atoms with Gasteiger partial charge in [0, 0.05) is 33.1 Å². The number of ketones is 2. The van der Waals surface area contributed by atoms with Crippen molar-refractivity contribution in [2.24, 2.45) is 0 Å². The van der Waals surface area contributed by atoms with Crippen molar-refractivity contribution >= 4 is 46.0 Å². The van der Waals surface area contributed by atoms with Crippen molar-refractivity contribution in [1.82, 2.24) is 5.32 Å². The summed E-state index contributed by atoms with van der Waals surface area (Å²) >= 11 is 2.28. The number of halogens is 4. The Morgan fingerprint density at radius 3 is 1.90 bits per heavy atom. The van der Waals surface area contributed by atoms with Crippen molar-refractivity contribution in [3.05, 3.63) is 101 Å². The Hall–Kier alpha value is -3.74. The molecule has 7 nitrogen and oxygen atoms in total. The van der Waals surface area contributed by atoms with Gasteiger partial charge in [-0.25, -0.2) is 0 Å². The van der Waals surface area contributed by atoms with E-state index < -0.39 is 35.7 Å². The summed E-state index contributed by atoms with van der Waals surface area (Å²) in [5, 5.41) is 11.2. The molecule has 11 heteroatoms. The summed E-state index contributed by atoms with van der Waals surface area (Å²) in [4.78, 5) is 49.8. The lowest BCUT2D eigenvalue weighted by molar-refractivity contribution is -0.274. The van der Waals surface area contributed by atoms with Gasteiger partial charge in [-0.2, -0.15) is 0 Å². The molecule has 0 bridgehead atoms. The highest BCUT2D eigenvalue weighted by Gasteiger charge is 2.31. The highest BCUT2D eigenvalue weighted by atomic mass is 127. The SMILES string of the molecule is CC(C)(I)c1ccc(C(=O)CC(C(=O)c2ccc(C(=O)NCCC(=O)O)cc2)c2ccc(OC(F)(F)F)cc2)cc1. The van der Waals surface area contributed by atoms with Gasteiger partial charge in [0.05, 0.1) is 12.3 Å². The van der Waals surface area contributed by atoms with Crippen molar-refractivity contribution in [3.63, 3.8) is 0 Å². The Morgan fingerprint density at radius 2 is 1.39 bits per heavy atom. The quantitative estimate of drug-likeness (QED) is 0.125. The van der Waals surface area contributed by atoms with Gasteiger partial charge in [0.15, 0.2) is 11.6 Å². The van der Waals surface area contributed by atoms with E-state index in [2.05, 4.69) is 32.6 Å². The largest absolute Gasteiger partial charge is 0.573 e. The maximum atomic E-state index is 13.6. The molecule has 0 radical (unpaired) electrons. The number of benzene rings is 3. The van der Waals surface area contributed by atoms with Gasteiger partial charge in [-0.1, -0.05) is 71.1 Å². The van der Waals surface area contributed by atoms with E-state index in [-0.39, 0.29) is 39.7 Å². The summed E-state index contributed by atoms with van der Waals surface area (Å²) in [6.45, 7) is 3.98. The van der Waals surface area contributed by atoms with Crippen LogP contribution in [0.2, 0.25) is 0 Å². The molecule has 3 aromatic rings. The molecule has 1 atom stereocenters. The number of ether oxygens (including phenoxy) is 1. The number of rotatable bonds is 12. The highest BCUT2D eigenvalue weighted by Crippen LogP contribution is 2.32. The molecule has 216 valence electrons. The van der Waals surface area contributed by atoms with Crippen LogP contribution in [-0.4, -0.2) is 41.5 Å². The molecule has 0 aliphatic carbocycles. The van der Waals surface area contributed by atoms with Crippen molar-refractivity contribution in [2.45, 2.75) is 42.4 Å². The molecular weight excluding hydrogens is 654 g/mol. The van der Waals surface area contributed by atoms with Gasteiger partial charge >= 0.3 is 12.3 Å². The van der Waals surface area contributed by atoms with E-state index in [0.29, 0.717) is 11.1 Å². The van der Waals surface area contributed by atoms with Crippen LogP contribution in [0.15, 0.2) is 72.8 Å². The molecule has 1 amide bonds. The summed E-state index contributed by atoms with van der Waals surface area (Å²) in [5.41, 5.74) is 2.10. The normalized spacial score (nSPS) is 12.3. The minimum atomic E-state index is -4.88. The average Bonchev–Trinajstić information content (AvgIpc) is 2.90. The van der Waals surface area contributed by atoms with E-state index in [0.717, 1.165) is 17.7 Å². The van der Waals surface area contributed by atoms with Crippen LogP contribution in [0.4, 0.5) is 13.2 Å². The Morgan fingerprint density at radius 1 is 0.854 bits per heavy atom. The van der Waals surface area contributed by atoms with E-state index >= 15 is 0 Å². The number of aliphatic carboxylic acids is 1. The zero-order valence-corrected chi connectivity index (χ0v) is 24.3. The van der Waals surface area contributed by atoms with Gasteiger partial charge in [-0.3, -0.25) is 19.2 Å². The second kappa shape index (κ2) is 13.3. The summed E-state index contributed by atoms with van der Waals surface area (Å²) in [5.74, 6) is -3.87. The smallest absolute Gasteiger partial charge is 0.481 e. The number of carbonyl (C=O) groups is 4. The summed E-state index contributed by atoms with van der Waals surface area (Å²) in [6.07, 6.45) is -5.38. The Labute approximate surface area is 248 Å². The average molecular weight is 681 g/mol. The van der Waals surface area contributed by atoms with Crippen LogP contribution in [0.25, 0.3) is 0 Å². The molecule has 0 aromatic heterocycles. The van der Waals surface area contributed by atoms with Crippen molar-refractivity contribution in [3.8, 4) is 5.75 Å². The molecule has 0 fully saturated rings. The summed E-state index contributed by atoms with van der Waals surface area (Å²) < 4.78 is 41.7. The predicted molar refractivity (Wildman–Crippen MR) is 154 cm³/mol. The first kappa shape index (κ1) is 31.8. The number of nitrogens with one attached hydrogen (secondary N) is 1. The molecule has 1 unspecified atom stereocenters. The summed E-state index contributed by atoms with van der Waals surface area (Å²) in [7, 11) is 0. The van der Waals surface area contributed by atoms with E-state index in [9.17, 15) is 32.3 Å². The van der Waals surface area contributed by atoms with Gasteiger partial charge in [0.1, 0.15) is 5.75 Å².